The highest BCUT2D eigenvalue weighted by Crippen LogP contribution is 2.34. The molecule has 0 unspecified atom stereocenters. The van der Waals surface area contributed by atoms with Crippen LogP contribution in [0.5, 0.6) is 0 Å². The van der Waals surface area contributed by atoms with Crippen molar-refractivity contribution in [3.8, 4) is 0 Å². The van der Waals surface area contributed by atoms with Gasteiger partial charge in [0.15, 0.2) is 5.82 Å². The number of likely N-dealkylation sites (tertiary alicyclic amines) is 1. The topological polar surface area (TPSA) is 77.4 Å². The maximum atomic E-state index is 6.16. The van der Waals surface area contributed by atoms with Gasteiger partial charge in [-0.3, -0.25) is 4.90 Å². The molecule has 0 N–H and O–H groups in total. The minimum Gasteiger partial charge on any atom is -0.373 e. The van der Waals surface area contributed by atoms with Gasteiger partial charge in [0.05, 0.1) is 24.3 Å². The van der Waals surface area contributed by atoms with E-state index in [2.05, 4.69) is 20.2 Å². The van der Waals surface area contributed by atoms with E-state index < -0.39 is 0 Å². The molecule has 7 heteroatoms. The Balaban J connectivity index is 1.30. The second-order valence-corrected chi connectivity index (χ2v) is 6.35. The third-order valence-electron chi connectivity index (χ3n) is 4.42. The molecule has 0 radical (unpaired) electrons. The summed E-state index contributed by atoms with van der Waals surface area (Å²) in [4.78, 5) is 6.64. The summed E-state index contributed by atoms with van der Waals surface area (Å²) in [6.45, 7) is 6.59. The number of aryl methyl sites for hydroxylation is 2. The lowest BCUT2D eigenvalue weighted by molar-refractivity contribution is 0.0341. The molecule has 3 atom stereocenters. The van der Waals surface area contributed by atoms with E-state index >= 15 is 0 Å². The summed E-state index contributed by atoms with van der Waals surface area (Å²) in [6, 6.07) is 2.00. The van der Waals surface area contributed by atoms with Crippen molar-refractivity contribution in [1.29, 1.82) is 0 Å². The number of hydrogen-bond donors (Lipinski definition) is 0. The fourth-order valence-electron chi connectivity index (χ4n) is 3.55. The number of nitrogens with zero attached hydrogens (tertiary/aromatic N) is 4. The van der Waals surface area contributed by atoms with Gasteiger partial charge in [-0.15, -0.1) is 0 Å². The fraction of sp³-hybridized carbons (Fsp3) is 0.667. The Kier molecular flexibility index (Phi) is 3.46. The summed E-state index contributed by atoms with van der Waals surface area (Å²) in [5.74, 6) is 2.81. The Bertz CT molecular complexity index is 585. The molecule has 2 aromatic heterocycles. The van der Waals surface area contributed by atoms with Crippen LogP contribution in [0.1, 0.15) is 29.6 Å². The number of ether oxygens (including phenoxy) is 1. The highest BCUT2D eigenvalue weighted by atomic mass is 16.5. The van der Waals surface area contributed by atoms with Crippen LogP contribution in [0.3, 0.4) is 0 Å². The van der Waals surface area contributed by atoms with Gasteiger partial charge in [0.1, 0.15) is 5.76 Å². The van der Waals surface area contributed by atoms with Gasteiger partial charge in [0.25, 0.3) is 0 Å². The van der Waals surface area contributed by atoms with Gasteiger partial charge >= 0.3 is 0 Å². The second-order valence-electron chi connectivity index (χ2n) is 6.35. The van der Waals surface area contributed by atoms with Crippen LogP contribution in [-0.2, 0) is 17.7 Å². The van der Waals surface area contributed by atoms with Crippen LogP contribution in [0, 0.1) is 19.8 Å². The first kappa shape index (κ1) is 13.9. The fourth-order valence-corrected chi connectivity index (χ4v) is 3.55. The van der Waals surface area contributed by atoms with Gasteiger partial charge in [-0.05, 0) is 20.3 Å². The normalized spacial score (nSPS) is 28.4. The molecular weight excluding hydrogens is 284 g/mol. The first-order valence-corrected chi connectivity index (χ1v) is 7.75. The number of hydrogen-bond acceptors (Lipinski definition) is 7. The first-order chi connectivity index (χ1) is 10.7. The van der Waals surface area contributed by atoms with Crippen LogP contribution in [0.15, 0.2) is 15.1 Å². The maximum absolute atomic E-state index is 6.16. The Morgan fingerprint density at radius 2 is 2.14 bits per heavy atom. The Labute approximate surface area is 128 Å². The number of aromatic nitrogens is 3. The second kappa shape index (κ2) is 5.48. The van der Waals surface area contributed by atoms with E-state index in [4.69, 9.17) is 13.8 Å². The molecule has 4 heterocycles. The number of rotatable bonds is 4. The summed E-state index contributed by atoms with van der Waals surface area (Å²) in [7, 11) is 0. The van der Waals surface area contributed by atoms with Crippen molar-refractivity contribution >= 4 is 0 Å². The molecule has 118 valence electrons. The van der Waals surface area contributed by atoms with Gasteiger partial charge in [0, 0.05) is 31.6 Å². The lowest BCUT2D eigenvalue weighted by Gasteiger charge is -2.17. The zero-order chi connectivity index (χ0) is 15.1. The van der Waals surface area contributed by atoms with E-state index in [9.17, 15) is 0 Å². The first-order valence-electron chi connectivity index (χ1n) is 7.75. The SMILES string of the molecule is Cc1noc(C[C@@H]2C[C@@H]3CN(Cc4cc(C)on4)C[C@@H]3O2)n1. The van der Waals surface area contributed by atoms with Gasteiger partial charge in [-0.2, -0.15) is 4.98 Å². The van der Waals surface area contributed by atoms with E-state index in [-0.39, 0.29) is 6.10 Å². The van der Waals surface area contributed by atoms with Gasteiger partial charge < -0.3 is 13.8 Å². The minimum atomic E-state index is 0.200. The summed E-state index contributed by atoms with van der Waals surface area (Å²) in [5, 5.41) is 7.89. The molecule has 2 aliphatic heterocycles. The molecule has 22 heavy (non-hydrogen) atoms. The van der Waals surface area contributed by atoms with Crippen molar-refractivity contribution in [2.75, 3.05) is 13.1 Å². The Morgan fingerprint density at radius 3 is 2.82 bits per heavy atom. The highest BCUT2D eigenvalue weighted by molar-refractivity contribution is 5.05. The van der Waals surface area contributed by atoms with Crippen molar-refractivity contribution in [3.63, 3.8) is 0 Å². The van der Waals surface area contributed by atoms with Crippen molar-refractivity contribution in [3.05, 3.63) is 29.2 Å². The zero-order valence-corrected chi connectivity index (χ0v) is 12.9. The van der Waals surface area contributed by atoms with E-state index in [0.29, 0.717) is 23.7 Å². The van der Waals surface area contributed by atoms with Crippen LogP contribution >= 0.6 is 0 Å². The molecule has 0 bridgehead atoms. The summed E-state index contributed by atoms with van der Waals surface area (Å²) < 4.78 is 16.5. The largest absolute Gasteiger partial charge is 0.373 e. The molecular formula is C15H20N4O3. The van der Waals surface area contributed by atoms with Crippen molar-refractivity contribution in [2.24, 2.45) is 5.92 Å². The summed E-state index contributed by atoms with van der Waals surface area (Å²) in [5.41, 5.74) is 0.996. The lowest BCUT2D eigenvalue weighted by Crippen LogP contribution is -2.25. The highest BCUT2D eigenvalue weighted by Gasteiger charge is 2.42. The monoisotopic (exact) mass is 304 g/mol. The van der Waals surface area contributed by atoms with Crippen LogP contribution in [0.2, 0.25) is 0 Å². The zero-order valence-electron chi connectivity index (χ0n) is 12.9. The van der Waals surface area contributed by atoms with Crippen LogP contribution in [-0.4, -0.2) is 45.5 Å². The minimum absolute atomic E-state index is 0.200. The van der Waals surface area contributed by atoms with Crippen molar-refractivity contribution in [1.82, 2.24) is 20.2 Å². The lowest BCUT2D eigenvalue weighted by atomic mass is 10.0. The molecule has 2 aromatic rings. The van der Waals surface area contributed by atoms with Crippen molar-refractivity contribution in [2.45, 2.75) is 45.4 Å². The predicted octanol–water partition coefficient (Wildman–Crippen LogP) is 1.51. The number of fused-ring (bicyclic) bond motifs is 1. The van der Waals surface area contributed by atoms with E-state index in [1.807, 2.05) is 19.9 Å². The molecule has 0 aromatic carbocycles. The van der Waals surface area contributed by atoms with Crippen LogP contribution in [0.4, 0.5) is 0 Å². The van der Waals surface area contributed by atoms with E-state index in [1.165, 1.54) is 0 Å². The Hall–Kier alpha value is -1.73. The average molecular weight is 304 g/mol. The Morgan fingerprint density at radius 1 is 1.23 bits per heavy atom. The average Bonchev–Trinajstić information content (AvgIpc) is 3.18. The van der Waals surface area contributed by atoms with Gasteiger partial charge in [0.2, 0.25) is 5.89 Å². The summed E-state index contributed by atoms with van der Waals surface area (Å²) in [6.07, 6.45) is 2.28. The molecule has 0 saturated carbocycles. The molecule has 2 fully saturated rings. The standard InChI is InChI=1S/C15H20N4O3/c1-9-3-12(18-21-9)7-19-6-11-4-13(20-14(11)8-19)5-15-16-10(2)17-22-15/h3,11,13-14H,4-8H2,1-2H3/t11-,13+,14+/m1/s1. The van der Waals surface area contributed by atoms with E-state index in [1.54, 1.807) is 0 Å². The molecule has 2 aliphatic rings. The summed E-state index contributed by atoms with van der Waals surface area (Å²) >= 11 is 0. The van der Waals surface area contributed by atoms with Crippen molar-refractivity contribution < 1.29 is 13.8 Å². The third kappa shape index (κ3) is 2.78. The predicted molar refractivity (Wildman–Crippen MR) is 76.0 cm³/mol. The molecule has 0 amide bonds. The molecule has 0 spiro atoms. The molecule has 0 aliphatic carbocycles. The molecule has 2 saturated heterocycles. The smallest absolute Gasteiger partial charge is 0.229 e. The molecule has 7 nitrogen and oxygen atoms in total. The van der Waals surface area contributed by atoms with E-state index in [0.717, 1.165) is 43.9 Å². The van der Waals surface area contributed by atoms with Gasteiger partial charge in [-0.25, -0.2) is 0 Å². The third-order valence-corrected chi connectivity index (χ3v) is 4.42. The van der Waals surface area contributed by atoms with Crippen LogP contribution in [0.25, 0.3) is 0 Å². The van der Waals surface area contributed by atoms with Crippen LogP contribution < -0.4 is 0 Å². The maximum Gasteiger partial charge on any atom is 0.229 e. The van der Waals surface area contributed by atoms with Gasteiger partial charge in [-0.1, -0.05) is 10.3 Å². The molecule has 4 rings (SSSR count). The quantitative estimate of drug-likeness (QED) is 0.847.